The van der Waals surface area contributed by atoms with Crippen molar-refractivity contribution >= 4 is 11.6 Å². The highest BCUT2D eigenvalue weighted by Gasteiger charge is 2.16. The zero-order valence-electron chi connectivity index (χ0n) is 12.5. The predicted octanol–water partition coefficient (Wildman–Crippen LogP) is 3.03. The Morgan fingerprint density at radius 2 is 1.73 bits per heavy atom. The lowest BCUT2D eigenvalue weighted by Crippen LogP contribution is -2.17. The van der Waals surface area contributed by atoms with Gasteiger partial charge in [-0.2, -0.15) is 0 Å². The van der Waals surface area contributed by atoms with Crippen LogP contribution in [0.15, 0.2) is 36.4 Å². The third-order valence-electron chi connectivity index (χ3n) is 3.49. The number of rotatable bonds is 3. The molecule has 1 aliphatic heterocycles. The Morgan fingerprint density at radius 3 is 2.36 bits per heavy atom. The predicted molar refractivity (Wildman–Crippen MR) is 83.1 cm³/mol. The Labute approximate surface area is 128 Å². The molecule has 22 heavy (non-hydrogen) atoms. The Morgan fingerprint density at radius 1 is 1.09 bits per heavy atom. The number of ether oxygens (including phenoxy) is 3. The van der Waals surface area contributed by atoms with Gasteiger partial charge in [-0.1, -0.05) is 0 Å². The number of anilines is 1. The quantitative estimate of drug-likeness (QED) is 0.946. The van der Waals surface area contributed by atoms with E-state index in [-0.39, 0.29) is 5.91 Å². The zero-order chi connectivity index (χ0) is 15.5. The maximum absolute atomic E-state index is 12.3. The molecule has 2 aromatic carbocycles. The van der Waals surface area contributed by atoms with Crippen molar-refractivity contribution in [3.05, 3.63) is 47.5 Å². The maximum atomic E-state index is 12.3. The topological polar surface area (TPSA) is 56.8 Å². The minimum atomic E-state index is -0.178. The van der Waals surface area contributed by atoms with Gasteiger partial charge in [0.05, 0.1) is 7.11 Å². The fourth-order valence-electron chi connectivity index (χ4n) is 2.26. The molecule has 3 rings (SSSR count). The fraction of sp³-hybridized carbons (Fsp3) is 0.235. The van der Waals surface area contributed by atoms with Crippen LogP contribution >= 0.6 is 0 Å². The van der Waals surface area contributed by atoms with Gasteiger partial charge in [-0.05, 0) is 42.8 Å². The Balaban J connectivity index is 1.81. The van der Waals surface area contributed by atoms with E-state index in [1.54, 1.807) is 37.4 Å². The summed E-state index contributed by atoms with van der Waals surface area (Å²) in [7, 11) is 1.59. The molecule has 0 aliphatic carbocycles. The molecule has 5 heteroatoms. The van der Waals surface area contributed by atoms with Gasteiger partial charge < -0.3 is 19.5 Å². The van der Waals surface area contributed by atoms with Gasteiger partial charge in [-0.15, -0.1) is 0 Å². The van der Waals surface area contributed by atoms with Gasteiger partial charge in [0.25, 0.3) is 5.91 Å². The highest BCUT2D eigenvalue weighted by atomic mass is 16.6. The summed E-state index contributed by atoms with van der Waals surface area (Å²) in [5.41, 5.74) is 2.20. The first-order valence-corrected chi connectivity index (χ1v) is 7.03. The summed E-state index contributed by atoms with van der Waals surface area (Å²) in [4.78, 5) is 12.3. The SMILES string of the molecule is COc1ccc(C(=O)Nc2cc3c(cc2C)OCCO3)cc1. The molecule has 0 fully saturated rings. The monoisotopic (exact) mass is 299 g/mol. The molecule has 1 amide bonds. The van der Waals surface area contributed by atoms with Crippen LogP contribution in [0.1, 0.15) is 15.9 Å². The van der Waals surface area contributed by atoms with Crippen molar-refractivity contribution in [1.29, 1.82) is 0 Å². The Hall–Kier alpha value is -2.69. The number of aryl methyl sites for hydroxylation is 1. The van der Waals surface area contributed by atoms with Crippen LogP contribution < -0.4 is 19.5 Å². The Bertz CT molecular complexity index is 695. The van der Waals surface area contributed by atoms with Gasteiger partial charge in [0.15, 0.2) is 11.5 Å². The van der Waals surface area contributed by atoms with Crippen LogP contribution in [0.25, 0.3) is 0 Å². The lowest BCUT2D eigenvalue weighted by molar-refractivity contribution is 0.102. The van der Waals surface area contributed by atoms with E-state index >= 15 is 0 Å². The average molecular weight is 299 g/mol. The molecule has 0 saturated carbocycles. The van der Waals surface area contributed by atoms with E-state index in [1.807, 2.05) is 13.0 Å². The number of hydrogen-bond acceptors (Lipinski definition) is 4. The van der Waals surface area contributed by atoms with E-state index in [0.29, 0.717) is 41.7 Å². The molecule has 1 N–H and O–H groups in total. The van der Waals surface area contributed by atoms with Crippen LogP contribution in [0.2, 0.25) is 0 Å². The summed E-state index contributed by atoms with van der Waals surface area (Å²) in [6.07, 6.45) is 0. The van der Waals surface area contributed by atoms with Crippen LogP contribution in [-0.2, 0) is 0 Å². The van der Waals surface area contributed by atoms with Crippen molar-refractivity contribution in [2.75, 3.05) is 25.6 Å². The van der Waals surface area contributed by atoms with Gasteiger partial charge in [-0.25, -0.2) is 0 Å². The molecule has 0 radical (unpaired) electrons. The van der Waals surface area contributed by atoms with Crippen molar-refractivity contribution in [1.82, 2.24) is 0 Å². The zero-order valence-corrected chi connectivity index (χ0v) is 12.5. The number of fused-ring (bicyclic) bond motifs is 1. The van der Waals surface area contributed by atoms with Gasteiger partial charge in [0, 0.05) is 17.3 Å². The molecule has 0 bridgehead atoms. The molecule has 1 heterocycles. The van der Waals surface area contributed by atoms with Crippen molar-refractivity contribution in [3.63, 3.8) is 0 Å². The first-order valence-electron chi connectivity index (χ1n) is 7.03. The average Bonchev–Trinajstić information content (AvgIpc) is 2.55. The summed E-state index contributed by atoms with van der Waals surface area (Å²) < 4.78 is 16.2. The van der Waals surface area contributed by atoms with Crippen LogP contribution in [-0.4, -0.2) is 26.2 Å². The smallest absolute Gasteiger partial charge is 0.255 e. The second-order valence-corrected chi connectivity index (χ2v) is 4.99. The highest BCUT2D eigenvalue weighted by Crippen LogP contribution is 2.35. The van der Waals surface area contributed by atoms with Crippen LogP contribution in [0.4, 0.5) is 5.69 Å². The second kappa shape index (κ2) is 5.97. The van der Waals surface area contributed by atoms with Gasteiger partial charge in [0.2, 0.25) is 0 Å². The summed E-state index contributed by atoms with van der Waals surface area (Å²) >= 11 is 0. The minimum absolute atomic E-state index is 0.178. The van der Waals surface area contributed by atoms with Gasteiger partial charge in [-0.3, -0.25) is 4.79 Å². The number of carbonyl (C=O) groups is 1. The molecule has 0 aromatic heterocycles. The lowest BCUT2D eigenvalue weighted by atomic mass is 10.1. The van der Waals surface area contributed by atoms with E-state index in [1.165, 1.54) is 0 Å². The highest BCUT2D eigenvalue weighted by molar-refractivity contribution is 6.04. The normalized spacial score (nSPS) is 12.6. The third kappa shape index (κ3) is 2.83. The third-order valence-corrected chi connectivity index (χ3v) is 3.49. The number of methoxy groups -OCH3 is 1. The summed E-state index contributed by atoms with van der Waals surface area (Å²) in [6.45, 7) is 2.98. The molecule has 0 saturated heterocycles. The number of benzene rings is 2. The van der Waals surface area contributed by atoms with Gasteiger partial charge in [0.1, 0.15) is 19.0 Å². The molecule has 114 valence electrons. The van der Waals surface area contributed by atoms with Crippen molar-refractivity contribution in [2.24, 2.45) is 0 Å². The molecule has 5 nitrogen and oxygen atoms in total. The minimum Gasteiger partial charge on any atom is -0.497 e. The van der Waals surface area contributed by atoms with Gasteiger partial charge >= 0.3 is 0 Å². The number of hydrogen-bond donors (Lipinski definition) is 1. The second-order valence-electron chi connectivity index (χ2n) is 4.99. The van der Waals surface area contributed by atoms with Crippen LogP contribution in [0.5, 0.6) is 17.2 Å². The van der Waals surface area contributed by atoms with E-state index in [2.05, 4.69) is 5.32 Å². The first-order chi connectivity index (χ1) is 10.7. The largest absolute Gasteiger partial charge is 0.497 e. The molecular weight excluding hydrogens is 282 g/mol. The van der Waals surface area contributed by atoms with E-state index in [9.17, 15) is 4.79 Å². The summed E-state index contributed by atoms with van der Waals surface area (Å²) in [5, 5.41) is 2.90. The maximum Gasteiger partial charge on any atom is 0.255 e. The van der Waals surface area contributed by atoms with Crippen molar-refractivity contribution in [3.8, 4) is 17.2 Å². The fourth-order valence-corrected chi connectivity index (χ4v) is 2.26. The standard InChI is InChI=1S/C17H17NO4/c1-11-9-15-16(22-8-7-21-15)10-14(11)18-17(19)12-3-5-13(20-2)6-4-12/h3-6,9-10H,7-8H2,1-2H3,(H,18,19). The Kier molecular flexibility index (Phi) is 3.87. The van der Waals surface area contributed by atoms with E-state index in [4.69, 9.17) is 14.2 Å². The summed E-state index contributed by atoms with van der Waals surface area (Å²) in [5.74, 6) is 1.91. The first kappa shape index (κ1) is 14.3. The molecule has 0 spiro atoms. The van der Waals surface area contributed by atoms with Crippen LogP contribution in [0, 0.1) is 6.92 Å². The molecule has 1 aliphatic rings. The number of nitrogens with one attached hydrogen (secondary N) is 1. The van der Waals surface area contributed by atoms with Crippen LogP contribution in [0.3, 0.4) is 0 Å². The summed E-state index contributed by atoms with van der Waals surface area (Å²) in [6, 6.07) is 10.6. The van der Waals surface area contributed by atoms with Crippen molar-refractivity contribution < 1.29 is 19.0 Å². The molecule has 2 aromatic rings. The van der Waals surface area contributed by atoms with E-state index < -0.39 is 0 Å². The molecular formula is C17H17NO4. The number of amides is 1. The number of carbonyl (C=O) groups excluding carboxylic acids is 1. The molecule has 0 unspecified atom stereocenters. The van der Waals surface area contributed by atoms with Crippen molar-refractivity contribution in [2.45, 2.75) is 6.92 Å². The molecule has 0 atom stereocenters. The van der Waals surface area contributed by atoms with E-state index in [0.717, 1.165) is 5.56 Å². The lowest BCUT2D eigenvalue weighted by Gasteiger charge is -2.20.